The summed E-state index contributed by atoms with van der Waals surface area (Å²) in [5.41, 5.74) is 5.00. The van der Waals surface area contributed by atoms with Gasteiger partial charge in [-0.1, -0.05) is 35.0 Å². The van der Waals surface area contributed by atoms with Crippen LogP contribution in [0, 0.1) is 20.8 Å². The first-order valence-corrected chi connectivity index (χ1v) is 9.55. The Morgan fingerprint density at radius 3 is 2.62 bits per heavy atom. The van der Waals surface area contributed by atoms with Crippen molar-refractivity contribution < 1.29 is 9.32 Å². The van der Waals surface area contributed by atoms with Crippen molar-refractivity contribution in [3.05, 3.63) is 57.9 Å². The van der Waals surface area contributed by atoms with Gasteiger partial charge in [-0.2, -0.15) is 0 Å². The summed E-state index contributed by atoms with van der Waals surface area (Å²) in [5.74, 6) is 0.403. The van der Waals surface area contributed by atoms with Crippen LogP contribution >= 0.6 is 11.3 Å². The van der Waals surface area contributed by atoms with Crippen molar-refractivity contribution in [3.8, 4) is 10.6 Å². The Labute approximate surface area is 157 Å². The van der Waals surface area contributed by atoms with Crippen molar-refractivity contribution in [2.75, 3.05) is 6.54 Å². The molecule has 1 N–H and O–H groups in total. The molecule has 136 valence electrons. The number of thiazole rings is 1. The lowest BCUT2D eigenvalue weighted by atomic mass is 9.99. The minimum atomic E-state index is -0.278. The molecule has 3 aromatic rings. The van der Waals surface area contributed by atoms with E-state index in [0.717, 1.165) is 27.5 Å². The van der Waals surface area contributed by atoms with Gasteiger partial charge in [-0.15, -0.1) is 11.3 Å². The zero-order chi connectivity index (χ0) is 18.7. The number of benzene rings is 1. The van der Waals surface area contributed by atoms with Gasteiger partial charge in [0, 0.05) is 29.5 Å². The number of carbonyl (C=O) groups is 1. The number of aryl methyl sites for hydroxylation is 3. The van der Waals surface area contributed by atoms with E-state index >= 15 is 0 Å². The zero-order valence-corrected chi connectivity index (χ0v) is 16.3. The normalized spacial score (nSPS) is 12.2. The Morgan fingerprint density at radius 1 is 1.23 bits per heavy atom. The fourth-order valence-electron chi connectivity index (χ4n) is 2.96. The number of aromatic nitrogens is 2. The first-order chi connectivity index (χ1) is 12.5. The molecule has 26 heavy (non-hydrogen) atoms. The molecule has 2 heterocycles. The average molecular weight is 369 g/mol. The van der Waals surface area contributed by atoms with Crippen molar-refractivity contribution in [2.24, 2.45) is 0 Å². The van der Waals surface area contributed by atoms with Crippen molar-refractivity contribution >= 4 is 17.2 Å². The van der Waals surface area contributed by atoms with Gasteiger partial charge in [-0.05, 0) is 27.7 Å². The Morgan fingerprint density at radius 2 is 1.96 bits per heavy atom. The molecule has 0 aliphatic heterocycles. The second-order valence-electron chi connectivity index (χ2n) is 6.51. The van der Waals surface area contributed by atoms with Gasteiger partial charge in [-0.25, -0.2) is 4.98 Å². The summed E-state index contributed by atoms with van der Waals surface area (Å²) in [7, 11) is 0. The Bertz CT molecular complexity index is 877. The Hall–Kier alpha value is -2.47. The smallest absolute Gasteiger partial charge is 0.227 e. The van der Waals surface area contributed by atoms with Gasteiger partial charge in [0.25, 0.3) is 0 Å². The second kappa shape index (κ2) is 7.83. The Kier molecular flexibility index (Phi) is 5.52. The van der Waals surface area contributed by atoms with Crippen molar-refractivity contribution in [2.45, 2.75) is 40.0 Å². The van der Waals surface area contributed by atoms with Crippen LogP contribution in [-0.4, -0.2) is 22.6 Å². The molecule has 0 fully saturated rings. The summed E-state index contributed by atoms with van der Waals surface area (Å²) < 4.78 is 5.15. The lowest BCUT2D eigenvalue weighted by molar-refractivity contribution is -0.122. The third kappa shape index (κ3) is 4.02. The average Bonchev–Trinajstić information content (AvgIpc) is 3.22. The molecule has 1 aromatic carbocycles. The molecule has 0 aliphatic rings. The zero-order valence-electron chi connectivity index (χ0n) is 15.5. The van der Waals surface area contributed by atoms with Gasteiger partial charge >= 0.3 is 0 Å². The highest BCUT2D eigenvalue weighted by Gasteiger charge is 2.22. The van der Waals surface area contributed by atoms with Gasteiger partial charge in [0.1, 0.15) is 10.8 Å². The number of hydrogen-bond donors (Lipinski definition) is 1. The molecule has 2 aromatic heterocycles. The lowest BCUT2D eigenvalue weighted by Crippen LogP contribution is -2.30. The molecule has 5 nitrogen and oxygen atoms in total. The predicted octanol–water partition coefficient (Wildman–Crippen LogP) is 4.19. The largest absolute Gasteiger partial charge is 0.361 e. The van der Waals surface area contributed by atoms with E-state index in [1.54, 1.807) is 11.3 Å². The molecule has 3 rings (SSSR count). The maximum Gasteiger partial charge on any atom is 0.227 e. The van der Waals surface area contributed by atoms with Crippen LogP contribution in [0.2, 0.25) is 0 Å². The highest BCUT2D eigenvalue weighted by molar-refractivity contribution is 7.13. The molecule has 0 aliphatic carbocycles. The van der Waals surface area contributed by atoms with E-state index in [2.05, 4.69) is 52.0 Å². The number of amides is 1. The molecule has 6 heteroatoms. The number of hydrogen-bond acceptors (Lipinski definition) is 5. The minimum Gasteiger partial charge on any atom is -0.361 e. The summed E-state index contributed by atoms with van der Waals surface area (Å²) in [6.07, 6.45) is 0.711. The lowest BCUT2D eigenvalue weighted by Gasteiger charge is -2.11. The standard InChI is InChI=1S/C20H23N3O2S/c1-12-5-7-16(8-6-12)20-22-17(11-26-20)9-10-21-19(24)13(2)18-14(3)23-25-15(18)4/h5-8,11,13H,9-10H2,1-4H3,(H,21,24). The van der Waals surface area contributed by atoms with Crippen LogP contribution in [0.15, 0.2) is 34.2 Å². The molecule has 1 unspecified atom stereocenters. The fraction of sp³-hybridized carbons (Fsp3) is 0.350. The maximum atomic E-state index is 12.4. The van der Waals surface area contributed by atoms with E-state index in [-0.39, 0.29) is 11.8 Å². The molecular weight excluding hydrogens is 346 g/mol. The second-order valence-corrected chi connectivity index (χ2v) is 7.37. The van der Waals surface area contributed by atoms with Crippen molar-refractivity contribution in [1.29, 1.82) is 0 Å². The van der Waals surface area contributed by atoms with E-state index in [1.165, 1.54) is 5.56 Å². The number of nitrogens with zero attached hydrogens (tertiary/aromatic N) is 2. The maximum absolute atomic E-state index is 12.4. The summed E-state index contributed by atoms with van der Waals surface area (Å²) >= 11 is 1.63. The van der Waals surface area contributed by atoms with Crippen molar-refractivity contribution in [1.82, 2.24) is 15.5 Å². The third-order valence-electron chi connectivity index (χ3n) is 4.45. The molecule has 0 spiro atoms. The van der Waals surface area contributed by atoms with E-state index in [9.17, 15) is 4.79 Å². The molecule has 1 amide bonds. The SMILES string of the molecule is Cc1ccc(-c2nc(CCNC(=O)C(C)c3c(C)noc3C)cs2)cc1. The van der Waals surface area contributed by atoms with E-state index in [4.69, 9.17) is 4.52 Å². The molecule has 0 radical (unpaired) electrons. The molecule has 0 saturated heterocycles. The fourth-order valence-corrected chi connectivity index (χ4v) is 3.82. The molecular formula is C20H23N3O2S. The van der Waals surface area contributed by atoms with Gasteiger partial charge in [0.05, 0.1) is 17.3 Å². The van der Waals surface area contributed by atoms with E-state index < -0.39 is 0 Å². The van der Waals surface area contributed by atoms with E-state index in [1.807, 2.05) is 20.8 Å². The molecule has 0 bridgehead atoms. The number of nitrogens with one attached hydrogen (secondary N) is 1. The van der Waals surface area contributed by atoms with Crippen LogP contribution < -0.4 is 5.32 Å². The summed E-state index contributed by atoms with van der Waals surface area (Å²) in [4.78, 5) is 17.1. The summed E-state index contributed by atoms with van der Waals surface area (Å²) in [5, 5.41) is 9.97. The van der Waals surface area contributed by atoms with Crippen LogP contribution in [0.3, 0.4) is 0 Å². The topological polar surface area (TPSA) is 68.0 Å². The predicted molar refractivity (Wildman–Crippen MR) is 103 cm³/mol. The van der Waals surface area contributed by atoms with Crippen LogP contribution in [0.25, 0.3) is 10.6 Å². The van der Waals surface area contributed by atoms with Crippen LogP contribution in [-0.2, 0) is 11.2 Å². The Balaban J connectivity index is 1.55. The number of rotatable bonds is 6. The quantitative estimate of drug-likeness (QED) is 0.707. The first kappa shape index (κ1) is 18.3. The summed E-state index contributed by atoms with van der Waals surface area (Å²) in [6, 6.07) is 8.36. The minimum absolute atomic E-state index is 0.0200. The van der Waals surface area contributed by atoms with Gasteiger partial charge in [0.15, 0.2) is 0 Å². The van der Waals surface area contributed by atoms with Crippen LogP contribution in [0.1, 0.15) is 41.1 Å². The highest BCUT2D eigenvalue weighted by Crippen LogP contribution is 2.25. The van der Waals surface area contributed by atoms with Crippen LogP contribution in [0.4, 0.5) is 0 Å². The van der Waals surface area contributed by atoms with Gasteiger partial charge in [-0.3, -0.25) is 4.79 Å². The van der Waals surface area contributed by atoms with Crippen molar-refractivity contribution in [3.63, 3.8) is 0 Å². The van der Waals surface area contributed by atoms with Crippen LogP contribution in [0.5, 0.6) is 0 Å². The van der Waals surface area contributed by atoms with E-state index in [0.29, 0.717) is 18.7 Å². The molecule has 1 atom stereocenters. The monoisotopic (exact) mass is 369 g/mol. The summed E-state index contributed by atoms with van der Waals surface area (Å²) in [6.45, 7) is 8.20. The molecule has 0 saturated carbocycles. The third-order valence-corrected chi connectivity index (χ3v) is 5.39. The highest BCUT2D eigenvalue weighted by atomic mass is 32.1. The van der Waals surface area contributed by atoms with Gasteiger partial charge in [0.2, 0.25) is 5.91 Å². The number of carbonyl (C=O) groups excluding carboxylic acids is 1. The first-order valence-electron chi connectivity index (χ1n) is 8.67. The van der Waals surface area contributed by atoms with Gasteiger partial charge < -0.3 is 9.84 Å².